The molecule has 3 aromatic rings. The number of aromatic nitrogens is 2. The summed E-state index contributed by atoms with van der Waals surface area (Å²) in [7, 11) is 1.55. The Labute approximate surface area is 180 Å². The summed E-state index contributed by atoms with van der Waals surface area (Å²) < 4.78 is 15.8. The van der Waals surface area contributed by atoms with Gasteiger partial charge in [-0.1, -0.05) is 41.3 Å². The van der Waals surface area contributed by atoms with Crippen LogP contribution in [-0.4, -0.2) is 45.8 Å². The van der Waals surface area contributed by atoms with Gasteiger partial charge in [0.25, 0.3) is 0 Å². The van der Waals surface area contributed by atoms with Gasteiger partial charge in [-0.05, 0) is 48.6 Å². The maximum Gasteiger partial charge on any atom is 0.243 e. The van der Waals surface area contributed by atoms with Crippen LogP contribution >= 0.6 is 35.3 Å². The SMILES string of the molecule is CN(CC(=O)Nc1ccc(F)cc1)C(=O)CSc1nn(-c2ccccc2)c(=S)s1. The number of nitrogens with one attached hydrogen (secondary N) is 1. The van der Waals surface area contributed by atoms with Crippen molar-refractivity contribution in [2.24, 2.45) is 0 Å². The molecule has 0 spiro atoms. The van der Waals surface area contributed by atoms with Crippen LogP contribution < -0.4 is 5.32 Å². The molecule has 0 aliphatic heterocycles. The van der Waals surface area contributed by atoms with Crippen LogP contribution in [0.1, 0.15) is 0 Å². The summed E-state index contributed by atoms with van der Waals surface area (Å²) in [5, 5.41) is 7.07. The van der Waals surface area contributed by atoms with Gasteiger partial charge in [0.1, 0.15) is 5.82 Å². The molecule has 0 unspecified atom stereocenters. The molecule has 150 valence electrons. The van der Waals surface area contributed by atoms with Crippen molar-refractivity contribution in [1.82, 2.24) is 14.7 Å². The highest BCUT2D eigenvalue weighted by Gasteiger charge is 2.15. The molecule has 1 heterocycles. The number of para-hydroxylation sites is 1. The molecule has 2 amide bonds. The first-order valence-electron chi connectivity index (χ1n) is 8.50. The van der Waals surface area contributed by atoms with Crippen LogP contribution in [0.2, 0.25) is 0 Å². The van der Waals surface area contributed by atoms with Crippen LogP contribution in [0.5, 0.6) is 0 Å². The Morgan fingerprint density at radius 3 is 2.59 bits per heavy atom. The molecule has 0 saturated heterocycles. The fourth-order valence-corrected chi connectivity index (χ4v) is 4.62. The number of benzene rings is 2. The molecule has 10 heteroatoms. The summed E-state index contributed by atoms with van der Waals surface area (Å²) in [5.74, 6) is -0.819. The van der Waals surface area contributed by atoms with Crippen LogP contribution in [-0.2, 0) is 9.59 Å². The lowest BCUT2D eigenvalue weighted by molar-refractivity contribution is -0.131. The van der Waals surface area contributed by atoms with Gasteiger partial charge in [0.15, 0.2) is 8.29 Å². The number of anilines is 1. The van der Waals surface area contributed by atoms with Crippen LogP contribution in [0.4, 0.5) is 10.1 Å². The zero-order chi connectivity index (χ0) is 20.8. The molecule has 1 N–H and O–H groups in total. The first-order valence-corrected chi connectivity index (χ1v) is 10.7. The summed E-state index contributed by atoms with van der Waals surface area (Å²) in [4.78, 5) is 25.7. The molecule has 29 heavy (non-hydrogen) atoms. The van der Waals surface area contributed by atoms with Crippen LogP contribution in [0.15, 0.2) is 58.9 Å². The Hall–Kier alpha value is -2.56. The zero-order valence-electron chi connectivity index (χ0n) is 15.4. The van der Waals surface area contributed by atoms with Gasteiger partial charge in [0.05, 0.1) is 18.0 Å². The Morgan fingerprint density at radius 1 is 1.21 bits per heavy atom. The number of likely N-dealkylation sites (N-methyl/N-ethyl adjacent to an activating group) is 1. The number of carbonyl (C=O) groups excluding carboxylic acids is 2. The molecular formula is C19H17FN4O2S3. The molecule has 0 atom stereocenters. The van der Waals surface area contributed by atoms with Gasteiger partial charge in [0, 0.05) is 12.7 Å². The molecule has 0 fully saturated rings. The number of amides is 2. The van der Waals surface area contributed by atoms with E-state index in [-0.39, 0.29) is 29.9 Å². The number of nitrogens with zero attached hydrogens (tertiary/aromatic N) is 3. The quantitative estimate of drug-likeness (QED) is 0.437. The van der Waals surface area contributed by atoms with Crippen molar-refractivity contribution >= 4 is 52.8 Å². The van der Waals surface area contributed by atoms with E-state index in [2.05, 4.69) is 10.4 Å². The number of hydrogen-bond donors (Lipinski definition) is 1. The molecule has 0 saturated carbocycles. The summed E-state index contributed by atoms with van der Waals surface area (Å²) in [6.07, 6.45) is 0. The minimum Gasteiger partial charge on any atom is -0.336 e. The van der Waals surface area contributed by atoms with Gasteiger partial charge in [0.2, 0.25) is 11.8 Å². The third kappa shape index (κ3) is 5.96. The van der Waals surface area contributed by atoms with E-state index in [4.69, 9.17) is 12.2 Å². The van der Waals surface area contributed by atoms with E-state index in [9.17, 15) is 14.0 Å². The van der Waals surface area contributed by atoms with Gasteiger partial charge in [-0.2, -0.15) is 0 Å². The van der Waals surface area contributed by atoms with Crippen molar-refractivity contribution in [3.63, 3.8) is 0 Å². The minimum absolute atomic E-state index is 0.106. The third-order valence-corrected chi connectivity index (χ3v) is 6.13. The highest BCUT2D eigenvalue weighted by atomic mass is 32.2. The van der Waals surface area contributed by atoms with E-state index in [0.717, 1.165) is 5.69 Å². The van der Waals surface area contributed by atoms with Gasteiger partial charge in [-0.25, -0.2) is 9.07 Å². The molecular weight excluding hydrogens is 431 g/mol. The number of thioether (sulfide) groups is 1. The van der Waals surface area contributed by atoms with Crippen molar-refractivity contribution in [1.29, 1.82) is 0 Å². The predicted octanol–water partition coefficient (Wildman–Crippen LogP) is 3.99. The summed E-state index contributed by atoms with van der Waals surface area (Å²) in [6.45, 7) is -0.106. The number of hydrogen-bond acceptors (Lipinski definition) is 6. The molecule has 2 aromatic carbocycles. The molecule has 0 radical (unpaired) electrons. The Kier molecular flexibility index (Phi) is 7.13. The molecule has 3 rings (SSSR count). The van der Waals surface area contributed by atoms with E-state index >= 15 is 0 Å². The Balaban J connectivity index is 1.52. The fraction of sp³-hybridized carbons (Fsp3) is 0.158. The molecule has 0 aliphatic carbocycles. The number of carbonyl (C=O) groups is 2. The molecule has 0 aliphatic rings. The standard InChI is InChI=1S/C19H17FN4O2S3/c1-23(11-16(25)21-14-9-7-13(20)8-10-14)17(26)12-28-18-22-24(19(27)29-18)15-5-3-2-4-6-15/h2-10H,11-12H2,1H3,(H,21,25). The van der Waals surface area contributed by atoms with Crippen molar-refractivity contribution in [2.45, 2.75) is 4.34 Å². The summed E-state index contributed by atoms with van der Waals surface area (Å²) in [5.41, 5.74) is 1.33. The lowest BCUT2D eigenvalue weighted by atomic mass is 10.3. The topological polar surface area (TPSA) is 67.2 Å². The highest BCUT2D eigenvalue weighted by molar-refractivity contribution is 8.01. The van der Waals surface area contributed by atoms with Crippen molar-refractivity contribution in [3.8, 4) is 5.69 Å². The van der Waals surface area contributed by atoms with Crippen LogP contribution in [0.25, 0.3) is 5.69 Å². The monoisotopic (exact) mass is 448 g/mol. The van der Waals surface area contributed by atoms with E-state index in [0.29, 0.717) is 14.0 Å². The number of halogens is 1. The first-order chi connectivity index (χ1) is 13.9. The van der Waals surface area contributed by atoms with Gasteiger partial charge < -0.3 is 10.2 Å². The Morgan fingerprint density at radius 2 is 1.90 bits per heavy atom. The van der Waals surface area contributed by atoms with Crippen molar-refractivity contribution in [3.05, 3.63) is 64.4 Å². The predicted molar refractivity (Wildman–Crippen MR) is 116 cm³/mol. The second-order valence-corrected chi connectivity index (χ2v) is 8.82. The van der Waals surface area contributed by atoms with E-state index in [1.54, 1.807) is 11.7 Å². The second-order valence-electron chi connectivity index (χ2n) is 5.97. The highest BCUT2D eigenvalue weighted by Crippen LogP contribution is 2.24. The smallest absolute Gasteiger partial charge is 0.243 e. The largest absolute Gasteiger partial charge is 0.336 e. The lowest BCUT2D eigenvalue weighted by Gasteiger charge is -2.16. The average molecular weight is 449 g/mol. The number of rotatable bonds is 7. The summed E-state index contributed by atoms with van der Waals surface area (Å²) in [6, 6.07) is 15.0. The molecule has 6 nitrogen and oxygen atoms in total. The van der Waals surface area contributed by atoms with E-state index in [1.807, 2.05) is 30.3 Å². The minimum atomic E-state index is -0.384. The van der Waals surface area contributed by atoms with Crippen LogP contribution in [0.3, 0.4) is 0 Å². The van der Waals surface area contributed by atoms with E-state index < -0.39 is 0 Å². The summed E-state index contributed by atoms with van der Waals surface area (Å²) >= 11 is 7.95. The Bertz CT molecular complexity index is 1050. The maximum atomic E-state index is 12.9. The third-order valence-electron chi connectivity index (χ3n) is 3.78. The van der Waals surface area contributed by atoms with Crippen molar-refractivity contribution in [2.75, 3.05) is 24.7 Å². The first kappa shape index (κ1) is 21.2. The van der Waals surface area contributed by atoms with Crippen LogP contribution in [0, 0.1) is 9.77 Å². The maximum absolute atomic E-state index is 12.9. The molecule has 1 aromatic heterocycles. The lowest BCUT2D eigenvalue weighted by Crippen LogP contribution is -2.35. The van der Waals surface area contributed by atoms with Gasteiger partial charge in [-0.3, -0.25) is 9.59 Å². The second kappa shape index (κ2) is 9.77. The van der Waals surface area contributed by atoms with Gasteiger partial charge in [-0.15, -0.1) is 5.10 Å². The van der Waals surface area contributed by atoms with Crippen molar-refractivity contribution < 1.29 is 14.0 Å². The van der Waals surface area contributed by atoms with Gasteiger partial charge >= 0.3 is 0 Å². The average Bonchev–Trinajstić information content (AvgIpc) is 3.09. The van der Waals surface area contributed by atoms with E-state index in [1.165, 1.54) is 52.3 Å². The molecule has 0 bridgehead atoms. The zero-order valence-corrected chi connectivity index (χ0v) is 17.8. The fourth-order valence-electron chi connectivity index (χ4n) is 2.32. The normalized spacial score (nSPS) is 10.6.